The summed E-state index contributed by atoms with van der Waals surface area (Å²) in [6.45, 7) is 2.58. The van der Waals surface area contributed by atoms with Gasteiger partial charge in [0, 0.05) is 12.6 Å². The van der Waals surface area contributed by atoms with Gasteiger partial charge in [-0.15, -0.1) is 10.2 Å². The summed E-state index contributed by atoms with van der Waals surface area (Å²) in [7, 11) is 0. The monoisotopic (exact) mass is 287 g/mol. The van der Waals surface area contributed by atoms with Crippen molar-refractivity contribution < 1.29 is 4.79 Å². The molecule has 0 aliphatic carbocycles. The summed E-state index contributed by atoms with van der Waals surface area (Å²) >= 11 is 0. The van der Waals surface area contributed by atoms with Crippen LogP contribution in [0.3, 0.4) is 0 Å². The van der Waals surface area contributed by atoms with Crippen LogP contribution in [0.25, 0.3) is 5.65 Å². The van der Waals surface area contributed by atoms with E-state index in [1.165, 1.54) is 12.8 Å². The molecule has 1 aliphatic rings. The highest BCUT2D eigenvalue weighted by Gasteiger charge is 2.14. The molecule has 1 atom stereocenters. The van der Waals surface area contributed by atoms with Crippen molar-refractivity contribution in [1.29, 1.82) is 0 Å². The second-order valence-corrected chi connectivity index (χ2v) is 5.57. The van der Waals surface area contributed by atoms with Crippen LogP contribution in [0, 0.1) is 5.92 Å². The molecule has 3 rings (SSSR count). The van der Waals surface area contributed by atoms with Crippen molar-refractivity contribution in [1.82, 2.24) is 25.2 Å². The highest BCUT2D eigenvalue weighted by Crippen LogP contribution is 2.15. The lowest BCUT2D eigenvalue weighted by atomic mass is 9.94. The Morgan fingerprint density at radius 1 is 1.43 bits per heavy atom. The fourth-order valence-electron chi connectivity index (χ4n) is 2.78. The number of carbonyl (C=O) groups is 1. The molecule has 1 saturated heterocycles. The molecule has 2 aromatic heterocycles. The van der Waals surface area contributed by atoms with Gasteiger partial charge in [0.1, 0.15) is 0 Å². The normalized spacial score (nSPS) is 18.8. The first-order valence-electron chi connectivity index (χ1n) is 7.59. The van der Waals surface area contributed by atoms with Gasteiger partial charge in [-0.25, -0.2) is 0 Å². The van der Waals surface area contributed by atoms with Crippen LogP contribution in [-0.2, 0) is 11.3 Å². The van der Waals surface area contributed by atoms with Gasteiger partial charge in [-0.2, -0.15) is 0 Å². The number of carbonyl (C=O) groups excluding carboxylic acids is 1. The van der Waals surface area contributed by atoms with E-state index in [1.807, 2.05) is 28.8 Å². The van der Waals surface area contributed by atoms with Crippen molar-refractivity contribution >= 4 is 11.6 Å². The molecular formula is C15H21N5O. The SMILES string of the molecule is O=C(CCC1CCCNC1)NCc1nnc2ccccn12. The third-order valence-electron chi connectivity index (χ3n) is 4.01. The number of pyridine rings is 1. The van der Waals surface area contributed by atoms with Crippen LogP contribution in [0.4, 0.5) is 0 Å². The first kappa shape index (κ1) is 14.0. The Hall–Kier alpha value is -1.95. The van der Waals surface area contributed by atoms with Gasteiger partial charge in [0.2, 0.25) is 5.91 Å². The number of aromatic nitrogens is 3. The van der Waals surface area contributed by atoms with Crippen molar-refractivity contribution in [3.63, 3.8) is 0 Å². The Labute approximate surface area is 123 Å². The number of fused-ring (bicyclic) bond motifs is 1. The number of nitrogens with one attached hydrogen (secondary N) is 2. The fraction of sp³-hybridized carbons (Fsp3) is 0.533. The lowest BCUT2D eigenvalue weighted by Gasteiger charge is -2.22. The fourth-order valence-corrected chi connectivity index (χ4v) is 2.78. The summed E-state index contributed by atoms with van der Waals surface area (Å²) in [6, 6.07) is 5.75. The predicted octanol–water partition coefficient (Wildman–Crippen LogP) is 1.13. The molecule has 0 radical (unpaired) electrons. The molecule has 112 valence electrons. The first-order valence-corrected chi connectivity index (χ1v) is 7.59. The van der Waals surface area contributed by atoms with Crippen molar-refractivity contribution in [3.8, 4) is 0 Å². The van der Waals surface area contributed by atoms with Crippen molar-refractivity contribution in [2.75, 3.05) is 13.1 Å². The highest BCUT2D eigenvalue weighted by atomic mass is 16.1. The van der Waals surface area contributed by atoms with Gasteiger partial charge in [0.25, 0.3) is 0 Å². The quantitative estimate of drug-likeness (QED) is 0.864. The van der Waals surface area contributed by atoms with E-state index in [0.29, 0.717) is 18.9 Å². The average molecular weight is 287 g/mol. The van der Waals surface area contributed by atoms with Gasteiger partial charge in [-0.05, 0) is 50.4 Å². The number of nitrogens with zero attached hydrogens (tertiary/aromatic N) is 3. The van der Waals surface area contributed by atoms with Crippen LogP contribution >= 0.6 is 0 Å². The van der Waals surface area contributed by atoms with Crippen molar-refractivity contribution in [3.05, 3.63) is 30.2 Å². The molecule has 0 bridgehead atoms. The molecular weight excluding hydrogens is 266 g/mol. The topological polar surface area (TPSA) is 71.3 Å². The molecule has 0 spiro atoms. The number of hydrogen-bond donors (Lipinski definition) is 2. The highest BCUT2D eigenvalue weighted by molar-refractivity contribution is 5.75. The zero-order valence-electron chi connectivity index (χ0n) is 12.1. The summed E-state index contributed by atoms with van der Waals surface area (Å²) in [5.74, 6) is 1.49. The zero-order valence-corrected chi connectivity index (χ0v) is 12.1. The second-order valence-electron chi connectivity index (χ2n) is 5.57. The second kappa shape index (κ2) is 6.67. The maximum atomic E-state index is 11.9. The lowest BCUT2D eigenvalue weighted by molar-refractivity contribution is -0.121. The maximum absolute atomic E-state index is 11.9. The molecule has 0 aromatic carbocycles. The summed E-state index contributed by atoms with van der Waals surface area (Å²) in [5, 5.41) is 14.5. The van der Waals surface area contributed by atoms with E-state index in [4.69, 9.17) is 0 Å². The predicted molar refractivity (Wildman–Crippen MR) is 79.7 cm³/mol. The molecule has 1 unspecified atom stereocenters. The van der Waals surface area contributed by atoms with Crippen LogP contribution in [0.5, 0.6) is 0 Å². The van der Waals surface area contributed by atoms with E-state index in [2.05, 4.69) is 20.8 Å². The Balaban J connectivity index is 1.47. The van der Waals surface area contributed by atoms with Crippen molar-refractivity contribution in [2.24, 2.45) is 5.92 Å². The average Bonchev–Trinajstić information content (AvgIpc) is 2.95. The minimum Gasteiger partial charge on any atom is -0.349 e. The molecule has 0 saturated carbocycles. The zero-order chi connectivity index (χ0) is 14.5. The Kier molecular flexibility index (Phi) is 4.45. The van der Waals surface area contributed by atoms with Gasteiger partial charge >= 0.3 is 0 Å². The van der Waals surface area contributed by atoms with Crippen LogP contribution < -0.4 is 10.6 Å². The van der Waals surface area contributed by atoms with Crippen LogP contribution in [0.15, 0.2) is 24.4 Å². The maximum Gasteiger partial charge on any atom is 0.220 e. The minimum atomic E-state index is 0.0910. The molecule has 2 N–H and O–H groups in total. The molecule has 6 nitrogen and oxygen atoms in total. The van der Waals surface area contributed by atoms with Gasteiger partial charge in [-0.1, -0.05) is 6.07 Å². The van der Waals surface area contributed by atoms with Gasteiger partial charge in [-0.3, -0.25) is 9.20 Å². The van der Waals surface area contributed by atoms with E-state index in [0.717, 1.165) is 31.0 Å². The lowest BCUT2D eigenvalue weighted by Crippen LogP contribution is -2.31. The van der Waals surface area contributed by atoms with Crippen molar-refractivity contribution in [2.45, 2.75) is 32.2 Å². The van der Waals surface area contributed by atoms with E-state index >= 15 is 0 Å². The summed E-state index contributed by atoms with van der Waals surface area (Å²) in [5.41, 5.74) is 0.801. The molecule has 1 amide bonds. The van der Waals surface area contributed by atoms with E-state index in [-0.39, 0.29) is 5.91 Å². The molecule has 1 aliphatic heterocycles. The Bertz CT molecular complexity index is 603. The minimum absolute atomic E-state index is 0.0910. The third kappa shape index (κ3) is 3.58. The number of amides is 1. The van der Waals surface area contributed by atoms with Crippen LogP contribution in [-0.4, -0.2) is 33.6 Å². The van der Waals surface area contributed by atoms with E-state index in [1.54, 1.807) is 0 Å². The van der Waals surface area contributed by atoms with Gasteiger partial charge in [0.15, 0.2) is 11.5 Å². The Morgan fingerprint density at radius 2 is 2.38 bits per heavy atom. The number of piperidine rings is 1. The molecule has 6 heteroatoms. The number of rotatable bonds is 5. The van der Waals surface area contributed by atoms with Gasteiger partial charge in [0.05, 0.1) is 6.54 Å². The largest absolute Gasteiger partial charge is 0.349 e. The number of hydrogen-bond acceptors (Lipinski definition) is 4. The molecule has 21 heavy (non-hydrogen) atoms. The van der Waals surface area contributed by atoms with Crippen LogP contribution in [0.2, 0.25) is 0 Å². The summed E-state index contributed by atoms with van der Waals surface area (Å²) in [4.78, 5) is 11.9. The third-order valence-corrected chi connectivity index (χ3v) is 4.01. The van der Waals surface area contributed by atoms with E-state index in [9.17, 15) is 4.79 Å². The Morgan fingerprint density at radius 3 is 3.24 bits per heavy atom. The van der Waals surface area contributed by atoms with Gasteiger partial charge < -0.3 is 10.6 Å². The summed E-state index contributed by atoms with van der Waals surface area (Å²) in [6.07, 6.45) is 5.90. The van der Waals surface area contributed by atoms with Crippen LogP contribution in [0.1, 0.15) is 31.5 Å². The molecule has 3 heterocycles. The first-order chi connectivity index (χ1) is 10.3. The molecule has 1 fully saturated rings. The smallest absolute Gasteiger partial charge is 0.220 e. The molecule has 2 aromatic rings. The summed E-state index contributed by atoms with van der Waals surface area (Å²) < 4.78 is 1.89. The standard InChI is InChI=1S/C15H21N5O/c21-15(7-6-12-4-3-8-16-10-12)17-11-14-19-18-13-5-1-2-9-20(13)14/h1-2,5,9,12,16H,3-4,6-8,10-11H2,(H,17,21). The van der Waals surface area contributed by atoms with E-state index < -0.39 is 0 Å².